The number of amides is 1. The number of aromatic nitrogens is 3. The molecule has 0 spiro atoms. The van der Waals surface area contributed by atoms with Crippen LogP contribution in [0, 0.1) is 17.5 Å². The van der Waals surface area contributed by atoms with Gasteiger partial charge in [0.05, 0.1) is 12.1 Å². The number of carbonyl (C=O) groups is 1. The molecule has 158 valence electrons. The van der Waals surface area contributed by atoms with Gasteiger partial charge in [-0.2, -0.15) is 0 Å². The number of alkyl halides is 2. The molecular formula is C18H20F5N5O. The zero-order valence-electron chi connectivity index (χ0n) is 15.7. The Morgan fingerprint density at radius 1 is 1.21 bits per heavy atom. The second-order valence-electron chi connectivity index (χ2n) is 7.17. The molecule has 3 unspecified atom stereocenters. The Hall–Kier alpha value is -2.56. The Labute approximate surface area is 163 Å². The maximum Gasteiger partial charge on any atom is 0.299 e. The molecule has 1 amide bonds. The average molecular weight is 417 g/mol. The van der Waals surface area contributed by atoms with Crippen LogP contribution in [0.15, 0.2) is 12.1 Å². The Morgan fingerprint density at radius 3 is 2.52 bits per heavy atom. The van der Waals surface area contributed by atoms with Gasteiger partial charge in [0.2, 0.25) is 11.7 Å². The van der Waals surface area contributed by atoms with Crippen molar-refractivity contribution in [1.82, 2.24) is 19.7 Å². The number of carbonyl (C=O) groups excluding carboxylic acids is 1. The minimum absolute atomic E-state index is 0.134. The summed E-state index contributed by atoms with van der Waals surface area (Å²) in [5, 5.41) is 3.80. The molecule has 1 aromatic carbocycles. The first-order valence-corrected chi connectivity index (χ1v) is 9.01. The fourth-order valence-electron chi connectivity index (χ4n) is 3.45. The van der Waals surface area contributed by atoms with Crippen LogP contribution >= 0.6 is 0 Å². The van der Waals surface area contributed by atoms with Crippen LogP contribution in [0.5, 0.6) is 0 Å². The fourth-order valence-corrected chi connectivity index (χ4v) is 3.45. The molecule has 0 saturated heterocycles. The van der Waals surface area contributed by atoms with Crippen LogP contribution in [-0.4, -0.2) is 38.2 Å². The summed E-state index contributed by atoms with van der Waals surface area (Å²) in [6.45, 7) is 3.57. The monoisotopic (exact) mass is 417 g/mol. The Bertz CT molecular complexity index is 918. The van der Waals surface area contributed by atoms with Gasteiger partial charge in [-0.1, -0.05) is 0 Å². The summed E-state index contributed by atoms with van der Waals surface area (Å²) < 4.78 is 67.4. The second-order valence-corrected chi connectivity index (χ2v) is 7.17. The van der Waals surface area contributed by atoms with Crippen molar-refractivity contribution in [3.8, 4) is 0 Å². The SMILES string of the molecule is CC1c2nc(C(F)F)nn2C(C)CN1C(=O)CC(N)Cc1cc(F)c(F)cc1F. The van der Waals surface area contributed by atoms with E-state index in [0.717, 1.165) is 6.07 Å². The molecule has 1 aromatic heterocycles. The third kappa shape index (κ3) is 4.24. The van der Waals surface area contributed by atoms with Gasteiger partial charge in [0, 0.05) is 25.1 Å². The van der Waals surface area contributed by atoms with Gasteiger partial charge in [-0.05, 0) is 31.9 Å². The van der Waals surface area contributed by atoms with E-state index in [1.165, 1.54) is 9.58 Å². The summed E-state index contributed by atoms with van der Waals surface area (Å²) in [4.78, 5) is 18.0. The topological polar surface area (TPSA) is 77.0 Å². The standard InChI is InChI=1S/C18H20F5N5O/c1-8-7-27(9(2)18-25-17(16(22)23)26-28(8)18)15(29)5-11(24)3-10-4-13(20)14(21)6-12(10)19/h4,6,8-9,11,16H,3,5,7,24H2,1-2H3. The predicted octanol–water partition coefficient (Wildman–Crippen LogP) is 3.06. The molecule has 2 N–H and O–H groups in total. The number of hydrogen-bond acceptors (Lipinski definition) is 4. The summed E-state index contributed by atoms with van der Waals surface area (Å²) in [6.07, 6.45) is -3.18. The first-order valence-electron chi connectivity index (χ1n) is 9.01. The highest BCUT2D eigenvalue weighted by Crippen LogP contribution is 2.31. The van der Waals surface area contributed by atoms with E-state index in [1.54, 1.807) is 13.8 Å². The van der Waals surface area contributed by atoms with E-state index in [1.807, 2.05) is 0 Å². The van der Waals surface area contributed by atoms with Crippen molar-refractivity contribution in [2.24, 2.45) is 5.73 Å². The van der Waals surface area contributed by atoms with Crippen molar-refractivity contribution in [3.63, 3.8) is 0 Å². The van der Waals surface area contributed by atoms with Crippen LogP contribution in [0.2, 0.25) is 0 Å². The molecule has 0 aliphatic carbocycles. The summed E-state index contributed by atoms with van der Waals surface area (Å²) in [6, 6.07) is -0.674. The summed E-state index contributed by atoms with van der Waals surface area (Å²) in [5.41, 5.74) is 5.79. The molecule has 3 rings (SSSR count). The molecule has 2 aromatic rings. The van der Waals surface area contributed by atoms with Gasteiger partial charge in [0.15, 0.2) is 11.6 Å². The van der Waals surface area contributed by atoms with Crippen molar-refractivity contribution in [2.75, 3.05) is 6.54 Å². The third-order valence-electron chi connectivity index (χ3n) is 4.92. The van der Waals surface area contributed by atoms with E-state index in [9.17, 15) is 26.7 Å². The first kappa shape index (κ1) is 21.2. The van der Waals surface area contributed by atoms with Crippen molar-refractivity contribution in [2.45, 2.75) is 51.2 Å². The van der Waals surface area contributed by atoms with Crippen LogP contribution in [0.1, 0.15) is 56.0 Å². The number of nitrogens with two attached hydrogens (primary N) is 1. The molecule has 0 radical (unpaired) electrons. The minimum atomic E-state index is -2.82. The lowest BCUT2D eigenvalue weighted by Gasteiger charge is -2.37. The third-order valence-corrected chi connectivity index (χ3v) is 4.92. The van der Waals surface area contributed by atoms with Crippen LogP contribution < -0.4 is 5.73 Å². The van der Waals surface area contributed by atoms with E-state index in [0.29, 0.717) is 6.07 Å². The number of benzene rings is 1. The molecule has 3 atom stereocenters. The quantitative estimate of drug-likeness (QED) is 0.599. The predicted molar refractivity (Wildman–Crippen MR) is 92.4 cm³/mol. The van der Waals surface area contributed by atoms with Crippen molar-refractivity contribution >= 4 is 5.91 Å². The highest BCUT2D eigenvalue weighted by molar-refractivity contribution is 5.77. The van der Waals surface area contributed by atoms with Gasteiger partial charge in [-0.25, -0.2) is 31.6 Å². The fraction of sp³-hybridized carbons (Fsp3) is 0.500. The largest absolute Gasteiger partial charge is 0.331 e. The molecule has 29 heavy (non-hydrogen) atoms. The van der Waals surface area contributed by atoms with Crippen molar-refractivity contribution in [1.29, 1.82) is 0 Å². The molecule has 1 aliphatic rings. The smallest absolute Gasteiger partial charge is 0.299 e. The van der Waals surface area contributed by atoms with Crippen molar-refractivity contribution < 1.29 is 26.7 Å². The maximum absolute atomic E-state index is 13.8. The number of nitrogens with zero attached hydrogens (tertiary/aromatic N) is 4. The summed E-state index contributed by atoms with van der Waals surface area (Å²) >= 11 is 0. The van der Waals surface area contributed by atoms with Crippen molar-refractivity contribution in [3.05, 3.63) is 46.8 Å². The van der Waals surface area contributed by atoms with Gasteiger partial charge in [-0.3, -0.25) is 4.79 Å². The molecule has 0 saturated carbocycles. The first-order chi connectivity index (χ1) is 13.6. The zero-order valence-corrected chi connectivity index (χ0v) is 15.7. The van der Waals surface area contributed by atoms with E-state index >= 15 is 0 Å². The van der Waals surface area contributed by atoms with E-state index in [4.69, 9.17) is 5.73 Å². The molecule has 2 heterocycles. The molecule has 1 aliphatic heterocycles. The maximum atomic E-state index is 13.8. The summed E-state index contributed by atoms with van der Waals surface area (Å²) in [7, 11) is 0. The summed E-state index contributed by atoms with van der Waals surface area (Å²) in [5.74, 6) is -4.19. The normalized spacial score (nSPS) is 20.1. The molecule has 11 heteroatoms. The number of hydrogen-bond donors (Lipinski definition) is 1. The minimum Gasteiger partial charge on any atom is -0.331 e. The number of fused-ring (bicyclic) bond motifs is 1. The van der Waals surface area contributed by atoms with Gasteiger partial charge in [-0.15, -0.1) is 5.10 Å². The van der Waals surface area contributed by atoms with E-state index in [-0.39, 0.29) is 42.7 Å². The van der Waals surface area contributed by atoms with Crippen LogP contribution in [0.4, 0.5) is 22.0 Å². The Balaban J connectivity index is 1.71. The van der Waals surface area contributed by atoms with Gasteiger partial charge >= 0.3 is 0 Å². The second kappa shape index (κ2) is 8.05. The average Bonchev–Trinajstić information content (AvgIpc) is 3.09. The zero-order chi connectivity index (χ0) is 21.5. The molecule has 0 fully saturated rings. The number of halogens is 5. The lowest BCUT2D eigenvalue weighted by atomic mass is 10.0. The Kier molecular flexibility index (Phi) is 5.87. The highest BCUT2D eigenvalue weighted by Gasteiger charge is 2.35. The lowest BCUT2D eigenvalue weighted by molar-refractivity contribution is -0.135. The molecule has 0 bridgehead atoms. The Morgan fingerprint density at radius 2 is 1.86 bits per heavy atom. The van der Waals surface area contributed by atoms with Gasteiger partial charge in [0.25, 0.3) is 6.43 Å². The van der Waals surface area contributed by atoms with Crippen LogP contribution in [0.25, 0.3) is 0 Å². The van der Waals surface area contributed by atoms with E-state index < -0.39 is 41.8 Å². The highest BCUT2D eigenvalue weighted by atomic mass is 19.3. The van der Waals surface area contributed by atoms with Gasteiger partial charge < -0.3 is 10.6 Å². The molecular weight excluding hydrogens is 397 g/mol. The van der Waals surface area contributed by atoms with Crippen LogP contribution in [-0.2, 0) is 11.2 Å². The molecule has 6 nitrogen and oxygen atoms in total. The lowest BCUT2D eigenvalue weighted by Crippen LogP contribution is -2.45. The van der Waals surface area contributed by atoms with Crippen LogP contribution in [0.3, 0.4) is 0 Å². The van der Waals surface area contributed by atoms with E-state index in [2.05, 4.69) is 10.1 Å². The van der Waals surface area contributed by atoms with Gasteiger partial charge in [0.1, 0.15) is 11.6 Å². The number of rotatable bonds is 5.